The van der Waals surface area contributed by atoms with Crippen LogP contribution in [0.2, 0.25) is 0 Å². The Morgan fingerprint density at radius 2 is 2.00 bits per heavy atom. The summed E-state index contributed by atoms with van der Waals surface area (Å²) in [6, 6.07) is 15.7. The average Bonchev–Trinajstić information content (AvgIpc) is 2.77. The number of nitrogens with zero attached hydrogens (tertiary/aromatic N) is 1. The van der Waals surface area contributed by atoms with E-state index in [4.69, 9.17) is 0 Å². The lowest BCUT2D eigenvalue weighted by Gasteiger charge is -2.31. The highest BCUT2D eigenvalue weighted by Crippen LogP contribution is 2.28. The quantitative estimate of drug-likeness (QED) is 0.906. The van der Waals surface area contributed by atoms with Crippen molar-refractivity contribution in [1.82, 2.24) is 10.2 Å². The van der Waals surface area contributed by atoms with Gasteiger partial charge in [-0.15, -0.1) is 0 Å². The number of carbonyl (C=O) groups excluding carboxylic acids is 1. The number of benzene rings is 2. The fourth-order valence-electron chi connectivity index (χ4n) is 3.14. The number of hydrogen-bond acceptors (Lipinski definition) is 3. The lowest BCUT2D eigenvalue weighted by atomic mass is 10.0. The molecule has 0 aromatic heterocycles. The van der Waals surface area contributed by atoms with Gasteiger partial charge in [-0.1, -0.05) is 42.5 Å². The van der Waals surface area contributed by atoms with Crippen molar-refractivity contribution >= 4 is 5.91 Å². The van der Waals surface area contributed by atoms with Gasteiger partial charge in [-0.25, -0.2) is 4.39 Å². The van der Waals surface area contributed by atoms with Gasteiger partial charge < -0.3 is 10.4 Å². The van der Waals surface area contributed by atoms with Crippen molar-refractivity contribution in [3.05, 3.63) is 71.5 Å². The van der Waals surface area contributed by atoms with Gasteiger partial charge in [-0.2, -0.15) is 0 Å². The molecule has 1 amide bonds. The van der Waals surface area contributed by atoms with Crippen molar-refractivity contribution in [2.75, 3.05) is 19.6 Å². The van der Waals surface area contributed by atoms with E-state index in [1.54, 1.807) is 12.1 Å². The fourth-order valence-corrected chi connectivity index (χ4v) is 3.14. The maximum atomic E-state index is 13.4. The molecule has 1 saturated heterocycles. The third-order valence-electron chi connectivity index (χ3n) is 4.37. The third kappa shape index (κ3) is 3.99. The van der Waals surface area contributed by atoms with Gasteiger partial charge in [0.25, 0.3) is 0 Å². The summed E-state index contributed by atoms with van der Waals surface area (Å²) in [7, 11) is 0. The van der Waals surface area contributed by atoms with Gasteiger partial charge >= 0.3 is 0 Å². The molecule has 2 aromatic rings. The molecule has 1 heterocycles. The van der Waals surface area contributed by atoms with Gasteiger partial charge in [0.1, 0.15) is 5.82 Å². The summed E-state index contributed by atoms with van der Waals surface area (Å²) in [6.07, 6.45) is -0.458. The molecule has 0 aliphatic carbocycles. The Kier molecular flexibility index (Phi) is 5.23. The van der Waals surface area contributed by atoms with Gasteiger partial charge in [0.2, 0.25) is 5.91 Å². The standard InChI is InChI=1S/C19H21FN2O2/c20-16-8-4-7-15(11-16)18(23)13-22-10-9-21-19(24)12-17(22)14-5-2-1-3-6-14/h1-8,11,17-18,23H,9-10,12-13H2,(H,21,24)/t17-,18+/m1/s1. The minimum atomic E-state index is -0.805. The van der Waals surface area contributed by atoms with Crippen LogP contribution in [-0.2, 0) is 4.79 Å². The second-order valence-corrected chi connectivity index (χ2v) is 6.05. The van der Waals surface area contributed by atoms with Crippen LogP contribution in [0.5, 0.6) is 0 Å². The fraction of sp³-hybridized carbons (Fsp3) is 0.316. The Hall–Kier alpha value is -2.24. The molecule has 0 radical (unpaired) electrons. The van der Waals surface area contributed by atoms with Crippen molar-refractivity contribution < 1.29 is 14.3 Å². The first-order valence-corrected chi connectivity index (χ1v) is 8.12. The third-order valence-corrected chi connectivity index (χ3v) is 4.37. The smallest absolute Gasteiger partial charge is 0.221 e. The van der Waals surface area contributed by atoms with E-state index in [0.29, 0.717) is 31.6 Å². The summed E-state index contributed by atoms with van der Waals surface area (Å²) in [5, 5.41) is 13.4. The molecule has 1 aliphatic heterocycles. The van der Waals surface area contributed by atoms with E-state index in [-0.39, 0.29) is 17.8 Å². The monoisotopic (exact) mass is 328 g/mol. The normalized spacial score (nSPS) is 20.2. The first kappa shape index (κ1) is 16.6. The SMILES string of the molecule is O=C1C[C@H](c2ccccc2)N(C[C@H](O)c2cccc(F)c2)CCN1. The van der Waals surface area contributed by atoms with Crippen LogP contribution >= 0.6 is 0 Å². The molecule has 0 bridgehead atoms. The Labute approximate surface area is 140 Å². The molecule has 3 rings (SSSR count). The predicted octanol–water partition coefficient (Wildman–Crippen LogP) is 2.42. The molecule has 1 aliphatic rings. The minimum Gasteiger partial charge on any atom is -0.387 e. The topological polar surface area (TPSA) is 52.6 Å². The van der Waals surface area contributed by atoms with Crippen molar-refractivity contribution in [3.8, 4) is 0 Å². The molecule has 2 atom stereocenters. The molecule has 2 aromatic carbocycles. The number of nitrogens with one attached hydrogen (secondary N) is 1. The summed E-state index contributed by atoms with van der Waals surface area (Å²) in [5.74, 6) is -0.356. The largest absolute Gasteiger partial charge is 0.387 e. The van der Waals surface area contributed by atoms with Gasteiger partial charge in [0.15, 0.2) is 0 Å². The van der Waals surface area contributed by atoms with Crippen molar-refractivity contribution in [2.45, 2.75) is 18.6 Å². The number of hydrogen-bond donors (Lipinski definition) is 2. The van der Waals surface area contributed by atoms with Crippen molar-refractivity contribution in [3.63, 3.8) is 0 Å². The van der Waals surface area contributed by atoms with Crippen LogP contribution in [0, 0.1) is 5.82 Å². The molecule has 0 unspecified atom stereocenters. The van der Waals surface area contributed by atoms with Crippen LogP contribution in [0.1, 0.15) is 29.7 Å². The maximum Gasteiger partial charge on any atom is 0.221 e. The van der Waals surface area contributed by atoms with Crippen molar-refractivity contribution in [1.29, 1.82) is 0 Å². The van der Waals surface area contributed by atoms with E-state index < -0.39 is 6.10 Å². The van der Waals surface area contributed by atoms with E-state index in [2.05, 4.69) is 10.2 Å². The van der Waals surface area contributed by atoms with E-state index in [9.17, 15) is 14.3 Å². The van der Waals surface area contributed by atoms with Crippen LogP contribution in [-0.4, -0.2) is 35.5 Å². The van der Waals surface area contributed by atoms with Crippen LogP contribution in [0.3, 0.4) is 0 Å². The number of aliphatic hydroxyl groups excluding tert-OH is 1. The summed E-state index contributed by atoms with van der Waals surface area (Å²) in [4.78, 5) is 14.0. The lowest BCUT2D eigenvalue weighted by Crippen LogP contribution is -2.34. The summed E-state index contributed by atoms with van der Waals surface area (Å²) in [6.45, 7) is 1.52. The molecule has 126 valence electrons. The highest BCUT2D eigenvalue weighted by Gasteiger charge is 2.28. The van der Waals surface area contributed by atoms with Crippen LogP contribution in [0.4, 0.5) is 4.39 Å². The zero-order valence-corrected chi connectivity index (χ0v) is 13.4. The Morgan fingerprint density at radius 3 is 2.75 bits per heavy atom. The number of carbonyl (C=O) groups is 1. The van der Waals surface area contributed by atoms with Crippen molar-refractivity contribution in [2.24, 2.45) is 0 Å². The molecule has 24 heavy (non-hydrogen) atoms. The number of amides is 1. The number of rotatable bonds is 4. The van der Waals surface area contributed by atoms with E-state index >= 15 is 0 Å². The molecular formula is C19H21FN2O2. The highest BCUT2D eigenvalue weighted by molar-refractivity contribution is 5.77. The van der Waals surface area contributed by atoms with Gasteiger partial charge in [-0.05, 0) is 23.3 Å². The van der Waals surface area contributed by atoms with E-state index in [1.807, 2.05) is 30.3 Å². The average molecular weight is 328 g/mol. The Balaban J connectivity index is 1.81. The molecule has 0 saturated carbocycles. The van der Waals surface area contributed by atoms with Gasteiger partial charge in [-0.3, -0.25) is 9.69 Å². The number of halogens is 1. The maximum absolute atomic E-state index is 13.4. The molecule has 5 heteroatoms. The summed E-state index contributed by atoms with van der Waals surface area (Å²) >= 11 is 0. The Bertz CT molecular complexity index is 693. The molecule has 0 spiro atoms. The molecular weight excluding hydrogens is 307 g/mol. The second kappa shape index (κ2) is 7.55. The highest BCUT2D eigenvalue weighted by atomic mass is 19.1. The molecule has 4 nitrogen and oxygen atoms in total. The molecule has 2 N–H and O–H groups in total. The zero-order chi connectivity index (χ0) is 16.9. The van der Waals surface area contributed by atoms with Gasteiger partial charge in [0, 0.05) is 32.1 Å². The lowest BCUT2D eigenvalue weighted by molar-refractivity contribution is -0.121. The first-order chi connectivity index (χ1) is 11.6. The van der Waals surface area contributed by atoms with E-state index in [0.717, 1.165) is 5.56 Å². The first-order valence-electron chi connectivity index (χ1n) is 8.12. The predicted molar refractivity (Wildman–Crippen MR) is 89.7 cm³/mol. The minimum absolute atomic E-state index is 0.00611. The second-order valence-electron chi connectivity index (χ2n) is 6.05. The van der Waals surface area contributed by atoms with Crippen LogP contribution < -0.4 is 5.32 Å². The summed E-state index contributed by atoms with van der Waals surface area (Å²) < 4.78 is 13.4. The summed E-state index contributed by atoms with van der Waals surface area (Å²) in [5.41, 5.74) is 1.59. The van der Waals surface area contributed by atoms with E-state index in [1.165, 1.54) is 12.1 Å². The molecule has 1 fully saturated rings. The van der Waals surface area contributed by atoms with Crippen LogP contribution in [0.25, 0.3) is 0 Å². The number of aliphatic hydroxyl groups is 1. The Morgan fingerprint density at radius 1 is 1.21 bits per heavy atom. The number of β-amino-alcohol motifs (C(OH)–C–C–N with tert-alkyl or cyclic N) is 1. The zero-order valence-electron chi connectivity index (χ0n) is 13.4. The van der Waals surface area contributed by atoms with Gasteiger partial charge in [0.05, 0.1) is 6.10 Å². The van der Waals surface area contributed by atoms with Crippen LogP contribution in [0.15, 0.2) is 54.6 Å².